The monoisotopic (exact) mass is 305 g/mol. The molecule has 1 aromatic heterocycles. The van der Waals surface area contributed by atoms with Crippen molar-refractivity contribution in [3.05, 3.63) is 17.5 Å². The Kier molecular flexibility index (Phi) is 4.43. The molecule has 0 saturated heterocycles. The zero-order chi connectivity index (χ0) is 15.6. The Bertz CT molecular complexity index is 505. The quantitative estimate of drug-likeness (QED) is 0.913. The number of nitrogens with zero attached hydrogens (tertiary/aromatic N) is 2. The molecule has 1 saturated carbocycles. The van der Waals surface area contributed by atoms with E-state index >= 15 is 0 Å². The lowest BCUT2D eigenvalue weighted by Gasteiger charge is -2.29. The number of alkyl halides is 3. The first-order valence-corrected chi connectivity index (χ1v) is 6.79. The number of nitrogens with one attached hydrogen (secondary N) is 1. The highest BCUT2D eigenvalue weighted by molar-refractivity contribution is 5.67. The molecular formula is C13H18F3N3O2. The lowest BCUT2D eigenvalue weighted by molar-refractivity contribution is -0.141. The molecule has 1 aliphatic rings. The van der Waals surface area contributed by atoms with Gasteiger partial charge in [0.1, 0.15) is 0 Å². The smallest absolute Gasteiger partial charge is 0.435 e. The first-order valence-electron chi connectivity index (χ1n) is 6.79. The molecule has 1 aliphatic carbocycles. The van der Waals surface area contributed by atoms with Gasteiger partial charge < -0.3 is 10.1 Å². The highest BCUT2D eigenvalue weighted by Crippen LogP contribution is 2.33. The molecule has 1 aromatic rings. The number of aryl methyl sites for hydroxylation is 1. The van der Waals surface area contributed by atoms with Gasteiger partial charge >= 0.3 is 12.3 Å². The molecule has 8 heteroatoms. The van der Waals surface area contributed by atoms with Crippen molar-refractivity contribution in [1.82, 2.24) is 15.1 Å². The van der Waals surface area contributed by atoms with Crippen LogP contribution in [0.1, 0.15) is 43.1 Å². The van der Waals surface area contributed by atoms with Gasteiger partial charge in [-0.15, -0.1) is 0 Å². The number of methoxy groups -OCH3 is 1. The lowest BCUT2D eigenvalue weighted by atomic mass is 9.91. The van der Waals surface area contributed by atoms with Crippen molar-refractivity contribution in [2.45, 2.75) is 50.9 Å². The molecule has 1 amide bonds. The summed E-state index contributed by atoms with van der Waals surface area (Å²) in [6, 6.07) is 1.02. The predicted octanol–water partition coefficient (Wildman–Crippen LogP) is 3.05. The average Bonchev–Trinajstić information content (AvgIpc) is 2.81. The van der Waals surface area contributed by atoms with Gasteiger partial charge in [0.25, 0.3) is 0 Å². The van der Waals surface area contributed by atoms with Crippen LogP contribution >= 0.6 is 0 Å². The number of amides is 1. The van der Waals surface area contributed by atoms with Crippen LogP contribution in [0.3, 0.4) is 0 Å². The molecule has 0 atom stereocenters. The minimum Gasteiger partial charge on any atom is -0.453 e. The zero-order valence-electron chi connectivity index (χ0n) is 11.9. The van der Waals surface area contributed by atoms with Crippen molar-refractivity contribution in [2.24, 2.45) is 0 Å². The van der Waals surface area contributed by atoms with Gasteiger partial charge in [0, 0.05) is 11.7 Å². The van der Waals surface area contributed by atoms with Gasteiger partial charge in [0.05, 0.1) is 13.2 Å². The van der Waals surface area contributed by atoms with Crippen molar-refractivity contribution < 1.29 is 22.7 Å². The van der Waals surface area contributed by atoms with Crippen LogP contribution in [-0.2, 0) is 10.9 Å². The molecular weight excluding hydrogens is 287 g/mol. The maximum atomic E-state index is 12.7. The summed E-state index contributed by atoms with van der Waals surface area (Å²) in [7, 11) is 1.30. The van der Waals surface area contributed by atoms with Crippen LogP contribution < -0.4 is 5.32 Å². The van der Waals surface area contributed by atoms with Crippen LogP contribution in [-0.4, -0.2) is 29.0 Å². The summed E-state index contributed by atoms with van der Waals surface area (Å²) < 4.78 is 44.0. The number of hydrogen-bond donors (Lipinski definition) is 1. The van der Waals surface area contributed by atoms with Crippen molar-refractivity contribution in [3.63, 3.8) is 0 Å². The van der Waals surface area contributed by atoms with Gasteiger partial charge in [-0.25, -0.2) is 4.79 Å². The summed E-state index contributed by atoms with van der Waals surface area (Å²) in [5.74, 6) is 0. The van der Waals surface area contributed by atoms with E-state index in [-0.39, 0.29) is 12.1 Å². The minimum absolute atomic E-state index is 0.00616. The molecule has 0 unspecified atom stereocenters. The molecule has 0 spiro atoms. The molecule has 1 N–H and O–H groups in total. The Hall–Kier alpha value is -1.73. The van der Waals surface area contributed by atoms with E-state index in [0.29, 0.717) is 31.4 Å². The van der Waals surface area contributed by atoms with Crippen LogP contribution in [0.4, 0.5) is 18.0 Å². The normalized spacial score (nSPS) is 22.9. The Balaban J connectivity index is 1.99. The van der Waals surface area contributed by atoms with E-state index in [1.165, 1.54) is 11.8 Å². The maximum Gasteiger partial charge on any atom is 0.435 e. The van der Waals surface area contributed by atoms with Crippen molar-refractivity contribution >= 4 is 6.09 Å². The molecule has 1 heterocycles. The third-order valence-corrected chi connectivity index (χ3v) is 3.76. The minimum atomic E-state index is -4.42. The fraction of sp³-hybridized carbons (Fsp3) is 0.692. The Morgan fingerprint density at radius 3 is 2.48 bits per heavy atom. The third kappa shape index (κ3) is 3.68. The lowest BCUT2D eigenvalue weighted by Crippen LogP contribution is -2.38. The molecule has 0 bridgehead atoms. The second-order valence-electron chi connectivity index (χ2n) is 5.25. The standard InChI is InChI=1S/C13H18F3N3O2/c1-8-7-11(13(14,15)16)18-19(8)10-5-3-9(4-6-10)17-12(20)21-2/h7,9-10H,3-6H2,1-2H3,(H,17,20). The second-order valence-corrected chi connectivity index (χ2v) is 5.25. The van der Waals surface area contributed by atoms with E-state index < -0.39 is 18.0 Å². The SMILES string of the molecule is COC(=O)NC1CCC(n2nc(C(F)(F)F)cc2C)CC1. The van der Waals surface area contributed by atoms with Gasteiger partial charge in [-0.3, -0.25) is 4.68 Å². The molecule has 2 rings (SSSR count). The van der Waals surface area contributed by atoms with E-state index in [9.17, 15) is 18.0 Å². The fourth-order valence-corrected chi connectivity index (χ4v) is 2.69. The number of rotatable bonds is 2. The largest absolute Gasteiger partial charge is 0.453 e. The van der Waals surface area contributed by atoms with Crippen LogP contribution in [0.15, 0.2) is 6.07 Å². The van der Waals surface area contributed by atoms with Gasteiger partial charge in [-0.1, -0.05) is 0 Å². The van der Waals surface area contributed by atoms with Gasteiger partial charge in [0.2, 0.25) is 0 Å². The van der Waals surface area contributed by atoms with Crippen molar-refractivity contribution in [2.75, 3.05) is 7.11 Å². The van der Waals surface area contributed by atoms with Crippen LogP contribution in [0.5, 0.6) is 0 Å². The summed E-state index contributed by atoms with van der Waals surface area (Å²) in [4.78, 5) is 11.1. The van der Waals surface area contributed by atoms with E-state index in [0.717, 1.165) is 6.07 Å². The molecule has 0 aromatic carbocycles. The Morgan fingerprint density at radius 2 is 2.00 bits per heavy atom. The number of alkyl carbamates (subject to hydrolysis) is 1. The first kappa shape index (κ1) is 15.7. The number of carbonyl (C=O) groups excluding carboxylic acids is 1. The van der Waals surface area contributed by atoms with E-state index in [1.54, 1.807) is 6.92 Å². The average molecular weight is 305 g/mol. The number of carbonyl (C=O) groups is 1. The van der Waals surface area contributed by atoms with E-state index in [4.69, 9.17) is 0 Å². The van der Waals surface area contributed by atoms with Crippen LogP contribution in [0, 0.1) is 6.92 Å². The molecule has 0 radical (unpaired) electrons. The highest BCUT2D eigenvalue weighted by Gasteiger charge is 2.35. The van der Waals surface area contributed by atoms with Crippen molar-refractivity contribution in [1.29, 1.82) is 0 Å². The summed E-state index contributed by atoms with van der Waals surface area (Å²) in [6.45, 7) is 1.63. The topological polar surface area (TPSA) is 56.1 Å². The molecule has 5 nitrogen and oxygen atoms in total. The molecule has 118 valence electrons. The highest BCUT2D eigenvalue weighted by atomic mass is 19.4. The third-order valence-electron chi connectivity index (χ3n) is 3.76. The van der Waals surface area contributed by atoms with Crippen LogP contribution in [0.2, 0.25) is 0 Å². The fourth-order valence-electron chi connectivity index (χ4n) is 2.69. The zero-order valence-corrected chi connectivity index (χ0v) is 11.9. The predicted molar refractivity (Wildman–Crippen MR) is 68.8 cm³/mol. The van der Waals surface area contributed by atoms with Gasteiger partial charge in [-0.2, -0.15) is 18.3 Å². The first-order chi connectivity index (χ1) is 9.81. The molecule has 21 heavy (non-hydrogen) atoms. The van der Waals surface area contributed by atoms with E-state index in [1.807, 2.05) is 0 Å². The summed E-state index contributed by atoms with van der Waals surface area (Å²) in [5.41, 5.74) is -0.346. The summed E-state index contributed by atoms with van der Waals surface area (Å²) in [6.07, 6.45) is -2.16. The maximum absolute atomic E-state index is 12.7. The second kappa shape index (κ2) is 5.95. The van der Waals surface area contributed by atoms with Gasteiger partial charge in [0.15, 0.2) is 5.69 Å². The summed E-state index contributed by atoms with van der Waals surface area (Å²) in [5, 5.41) is 6.40. The van der Waals surface area contributed by atoms with Crippen LogP contribution in [0.25, 0.3) is 0 Å². The number of aromatic nitrogens is 2. The number of halogens is 3. The van der Waals surface area contributed by atoms with E-state index in [2.05, 4.69) is 15.2 Å². The Morgan fingerprint density at radius 1 is 1.38 bits per heavy atom. The number of ether oxygens (including phenoxy) is 1. The Labute approximate surface area is 120 Å². The molecule has 0 aliphatic heterocycles. The summed E-state index contributed by atoms with van der Waals surface area (Å²) >= 11 is 0. The van der Waals surface area contributed by atoms with Gasteiger partial charge in [-0.05, 0) is 38.7 Å². The van der Waals surface area contributed by atoms with Crippen molar-refractivity contribution in [3.8, 4) is 0 Å². The number of hydrogen-bond acceptors (Lipinski definition) is 3. The molecule has 1 fully saturated rings.